The van der Waals surface area contributed by atoms with E-state index in [-0.39, 0.29) is 22.8 Å². The smallest absolute Gasteiger partial charge is 0.383 e. The molecule has 3 heterocycles. The molecular formula is C21H16BrF4N9. The van der Waals surface area contributed by atoms with Gasteiger partial charge in [-0.2, -0.15) is 18.3 Å². The average molecular weight is 550 g/mol. The number of nitrogen functional groups attached to an aromatic ring is 1. The molecule has 0 saturated carbocycles. The zero-order valence-electron chi connectivity index (χ0n) is 17.9. The normalized spacial score (nSPS) is 13.6. The van der Waals surface area contributed by atoms with Crippen LogP contribution in [-0.2, 0) is 6.18 Å². The molecule has 0 amide bonds. The van der Waals surface area contributed by atoms with Crippen LogP contribution in [0.1, 0.15) is 18.8 Å². The van der Waals surface area contributed by atoms with E-state index in [1.54, 1.807) is 17.6 Å². The van der Waals surface area contributed by atoms with Crippen molar-refractivity contribution in [3.63, 3.8) is 0 Å². The third-order valence-corrected chi connectivity index (χ3v) is 5.88. The summed E-state index contributed by atoms with van der Waals surface area (Å²) in [5.41, 5.74) is 7.40. The van der Waals surface area contributed by atoms with Gasteiger partial charge in [0.25, 0.3) is 0 Å². The van der Waals surface area contributed by atoms with Gasteiger partial charge in [0.05, 0.1) is 27.9 Å². The lowest BCUT2D eigenvalue weighted by Gasteiger charge is -2.16. The van der Waals surface area contributed by atoms with Gasteiger partial charge in [0.2, 0.25) is 5.82 Å². The summed E-state index contributed by atoms with van der Waals surface area (Å²) in [6, 6.07) is 5.30. The number of hydrogen-bond acceptors (Lipinski definition) is 8. The van der Waals surface area contributed by atoms with Crippen molar-refractivity contribution in [1.82, 2.24) is 24.5 Å². The molecule has 0 bridgehead atoms. The number of hydrazone groups is 1. The first-order chi connectivity index (χ1) is 16.6. The largest absolute Gasteiger partial charge is 0.451 e. The molecule has 180 valence electrons. The van der Waals surface area contributed by atoms with Crippen molar-refractivity contribution in [2.45, 2.75) is 19.1 Å². The highest BCUT2D eigenvalue weighted by molar-refractivity contribution is 9.10. The first-order valence-corrected chi connectivity index (χ1v) is 10.7. The molecule has 1 atom stereocenters. The van der Waals surface area contributed by atoms with E-state index >= 15 is 0 Å². The van der Waals surface area contributed by atoms with E-state index in [1.165, 1.54) is 30.7 Å². The monoisotopic (exact) mass is 549 g/mol. The maximum absolute atomic E-state index is 14.0. The minimum absolute atomic E-state index is 0.0859. The lowest BCUT2D eigenvalue weighted by molar-refractivity contribution is -0.144. The van der Waals surface area contributed by atoms with Crippen LogP contribution < -0.4 is 11.6 Å². The lowest BCUT2D eigenvalue weighted by Crippen LogP contribution is -2.20. The predicted molar refractivity (Wildman–Crippen MR) is 127 cm³/mol. The van der Waals surface area contributed by atoms with Crippen molar-refractivity contribution in [3.8, 4) is 11.1 Å². The summed E-state index contributed by atoms with van der Waals surface area (Å²) < 4.78 is 54.8. The standard InChI is InChI=1S/C21H16BrF4N9/c1-10(14(34-28)8-29-13-5-3-2-4-12(13)23)35-17(22)15(16-18(27)32-9-33-19(16)35)11-6-30-20(31-7-11)21(24,25)26/h2-10H,28H2,1H3,(H2,27,32,33). The number of fused-ring (bicyclic) bond motifs is 1. The second kappa shape index (κ2) is 9.37. The van der Waals surface area contributed by atoms with Crippen LogP contribution in [0.5, 0.6) is 0 Å². The Morgan fingerprint density at radius 1 is 1.14 bits per heavy atom. The first-order valence-electron chi connectivity index (χ1n) is 9.89. The number of aliphatic imine (C=N–C) groups is 1. The van der Waals surface area contributed by atoms with Gasteiger partial charge >= 0.3 is 6.18 Å². The Morgan fingerprint density at radius 3 is 2.46 bits per heavy atom. The highest BCUT2D eigenvalue weighted by atomic mass is 79.9. The van der Waals surface area contributed by atoms with Gasteiger partial charge in [-0.3, -0.25) is 4.99 Å². The van der Waals surface area contributed by atoms with Crippen LogP contribution in [0.15, 0.2) is 57.7 Å². The number of hydrogen-bond donors (Lipinski definition) is 2. The van der Waals surface area contributed by atoms with E-state index in [0.29, 0.717) is 21.2 Å². The third kappa shape index (κ3) is 4.56. The Hall–Kier alpha value is -3.94. The molecule has 0 saturated heterocycles. The Kier molecular flexibility index (Phi) is 6.47. The molecular weight excluding hydrogens is 534 g/mol. The van der Waals surface area contributed by atoms with Crippen molar-refractivity contribution >= 4 is 50.4 Å². The quantitative estimate of drug-likeness (QED) is 0.161. The molecule has 3 aromatic heterocycles. The van der Waals surface area contributed by atoms with E-state index in [1.807, 2.05) is 0 Å². The molecule has 0 aliphatic heterocycles. The molecule has 0 aliphatic rings. The summed E-state index contributed by atoms with van der Waals surface area (Å²) in [5, 5.41) is 4.14. The van der Waals surface area contributed by atoms with Crippen LogP contribution in [-0.4, -0.2) is 36.4 Å². The SMILES string of the molecule is CC(C(C=Nc1ccccc1F)=NN)n1c(Br)c(-c2cnc(C(F)(F)F)nc2)c2c(N)ncnc21. The third-order valence-electron chi connectivity index (χ3n) is 5.10. The summed E-state index contributed by atoms with van der Waals surface area (Å²) in [6.45, 7) is 1.73. The highest BCUT2D eigenvalue weighted by Crippen LogP contribution is 2.41. The minimum Gasteiger partial charge on any atom is -0.383 e. The number of anilines is 1. The van der Waals surface area contributed by atoms with Crippen molar-refractivity contribution < 1.29 is 17.6 Å². The Morgan fingerprint density at radius 2 is 1.83 bits per heavy atom. The van der Waals surface area contributed by atoms with Crippen molar-refractivity contribution in [2.24, 2.45) is 15.9 Å². The zero-order chi connectivity index (χ0) is 25.3. The van der Waals surface area contributed by atoms with Gasteiger partial charge in [-0.05, 0) is 35.0 Å². The number of para-hydroxylation sites is 1. The van der Waals surface area contributed by atoms with Gasteiger partial charge in [-0.25, -0.2) is 24.3 Å². The molecule has 0 aliphatic carbocycles. The second-order valence-corrected chi connectivity index (χ2v) is 7.98. The van der Waals surface area contributed by atoms with Crippen LogP contribution in [0.2, 0.25) is 0 Å². The number of benzene rings is 1. The number of halogens is 5. The lowest BCUT2D eigenvalue weighted by atomic mass is 10.1. The van der Waals surface area contributed by atoms with E-state index in [0.717, 1.165) is 12.4 Å². The Labute approximate surface area is 203 Å². The van der Waals surface area contributed by atoms with Gasteiger partial charge in [0.1, 0.15) is 29.3 Å². The molecule has 1 unspecified atom stereocenters. The maximum Gasteiger partial charge on any atom is 0.451 e. The number of nitrogens with zero attached hydrogens (tertiary/aromatic N) is 7. The predicted octanol–water partition coefficient (Wildman–Crippen LogP) is 4.67. The van der Waals surface area contributed by atoms with Gasteiger partial charge < -0.3 is 16.1 Å². The summed E-state index contributed by atoms with van der Waals surface area (Å²) in [5.74, 6) is 3.89. The second-order valence-electron chi connectivity index (χ2n) is 7.23. The fourth-order valence-electron chi connectivity index (χ4n) is 3.42. The van der Waals surface area contributed by atoms with Gasteiger partial charge in [-0.15, -0.1) is 0 Å². The number of nitrogens with two attached hydrogens (primary N) is 2. The molecule has 9 nitrogen and oxygen atoms in total. The summed E-state index contributed by atoms with van der Waals surface area (Å²) in [6.07, 6.45) is -0.0624. The van der Waals surface area contributed by atoms with Crippen LogP contribution in [0.4, 0.5) is 29.1 Å². The molecule has 1 aromatic carbocycles. The topological polar surface area (TPSA) is 133 Å². The number of aromatic nitrogens is 5. The molecule has 4 N–H and O–H groups in total. The van der Waals surface area contributed by atoms with Gasteiger partial charge in [0, 0.05) is 23.5 Å². The van der Waals surface area contributed by atoms with Crippen LogP contribution >= 0.6 is 15.9 Å². The molecule has 14 heteroatoms. The van der Waals surface area contributed by atoms with E-state index < -0.39 is 23.9 Å². The summed E-state index contributed by atoms with van der Waals surface area (Å²) in [4.78, 5) is 19.3. The maximum atomic E-state index is 14.0. The van der Waals surface area contributed by atoms with Crippen molar-refractivity contribution in [1.29, 1.82) is 0 Å². The number of alkyl halides is 3. The van der Waals surface area contributed by atoms with Crippen LogP contribution in [0.3, 0.4) is 0 Å². The molecule has 4 rings (SSSR count). The Balaban J connectivity index is 1.83. The van der Waals surface area contributed by atoms with Crippen molar-refractivity contribution in [3.05, 3.63) is 59.2 Å². The fourth-order valence-corrected chi connectivity index (χ4v) is 4.32. The van der Waals surface area contributed by atoms with Crippen molar-refractivity contribution in [2.75, 3.05) is 5.73 Å². The minimum atomic E-state index is -4.69. The zero-order valence-corrected chi connectivity index (χ0v) is 19.5. The first kappa shape index (κ1) is 24.2. The summed E-state index contributed by atoms with van der Waals surface area (Å²) in [7, 11) is 0. The molecule has 0 fully saturated rings. The van der Waals surface area contributed by atoms with Crippen LogP contribution in [0.25, 0.3) is 22.2 Å². The van der Waals surface area contributed by atoms with E-state index in [2.05, 4.69) is 46.0 Å². The van der Waals surface area contributed by atoms with Crippen LogP contribution in [0, 0.1) is 5.82 Å². The van der Waals surface area contributed by atoms with E-state index in [4.69, 9.17) is 11.6 Å². The molecule has 35 heavy (non-hydrogen) atoms. The average Bonchev–Trinajstić information content (AvgIpc) is 3.13. The Bertz CT molecular complexity index is 1450. The highest BCUT2D eigenvalue weighted by Gasteiger charge is 2.34. The van der Waals surface area contributed by atoms with Gasteiger partial charge in [0.15, 0.2) is 0 Å². The summed E-state index contributed by atoms with van der Waals surface area (Å²) >= 11 is 3.49. The molecule has 0 spiro atoms. The van der Waals surface area contributed by atoms with E-state index in [9.17, 15) is 17.6 Å². The fraction of sp³-hybridized carbons (Fsp3) is 0.143. The molecule has 4 aromatic rings. The molecule has 0 radical (unpaired) electrons. The van der Waals surface area contributed by atoms with Gasteiger partial charge in [-0.1, -0.05) is 12.1 Å². The number of rotatable bonds is 5.